The number of hydrogen-bond acceptors (Lipinski definition) is 1. The second kappa shape index (κ2) is 6.69. The molecular formula is C16H23ClFN. The Balaban J connectivity index is 2.34. The minimum Gasteiger partial charge on any atom is -0.260 e. The van der Waals surface area contributed by atoms with Crippen LogP contribution in [0.1, 0.15) is 74.9 Å². The highest BCUT2D eigenvalue weighted by Gasteiger charge is 2.24. The van der Waals surface area contributed by atoms with E-state index < -0.39 is 6.17 Å². The molecule has 2 rings (SSSR count). The van der Waals surface area contributed by atoms with Crippen LogP contribution < -0.4 is 0 Å². The van der Waals surface area contributed by atoms with Crippen molar-refractivity contribution in [3.63, 3.8) is 0 Å². The summed E-state index contributed by atoms with van der Waals surface area (Å²) in [5, 5.41) is 0. The molecule has 106 valence electrons. The van der Waals surface area contributed by atoms with Crippen molar-refractivity contribution in [3.05, 3.63) is 29.1 Å². The topological polar surface area (TPSA) is 12.9 Å². The molecule has 1 aliphatic rings. The Bertz CT molecular complexity index is 413. The lowest BCUT2D eigenvalue weighted by atomic mass is 9.81. The van der Waals surface area contributed by atoms with Crippen LogP contribution in [0, 0.1) is 5.92 Å². The first-order valence-corrected chi connectivity index (χ1v) is 7.85. The molecule has 1 aromatic heterocycles. The summed E-state index contributed by atoms with van der Waals surface area (Å²) in [4.78, 5) is 4.38. The maximum atomic E-state index is 14.5. The van der Waals surface area contributed by atoms with Crippen molar-refractivity contribution in [2.75, 3.05) is 0 Å². The second-order valence-electron chi connectivity index (χ2n) is 5.92. The summed E-state index contributed by atoms with van der Waals surface area (Å²) in [6.45, 7) is 3.85. The van der Waals surface area contributed by atoms with Crippen LogP contribution in [0.3, 0.4) is 0 Å². The van der Waals surface area contributed by atoms with Gasteiger partial charge in [-0.1, -0.05) is 33.1 Å². The van der Waals surface area contributed by atoms with Crippen LogP contribution in [0.2, 0.25) is 0 Å². The third-order valence-electron chi connectivity index (χ3n) is 4.09. The van der Waals surface area contributed by atoms with Gasteiger partial charge in [0, 0.05) is 6.20 Å². The van der Waals surface area contributed by atoms with Gasteiger partial charge in [-0.2, -0.15) is 0 Å². The first-order valence-electron chi connectivity index (χ1n) is 7.32. The van der Waals surface area contributed by atoms with E-state index in [0.717, 1.165) is 16.8 Å². The van der Waals surface area contributed by atoms with Crippen molar-refractivity contribution in [3.8, 4) is 0 Å². The Labute approximate surface area is 120 Å². The fourth-order valence-electron chi connectivity index (χ4n) is 2.95. The lowest BCUT2D eigenvalue weighted by Crippen LogP contribution is -2.12. The maximum absolute atomic E-state index is 14.5. The highest BCUT2D eigenvalue weighted by Crippen LogP contribution is 2.38. The van der Waals surface area contributed by atoms with E-state index in [0.29, 0.717) is 11.8 Å². The Hall–Kier alpha value is -0.630. The number of hydrogen-bond donors (Lipinski definition) is 0. The molecule has 1 unspecified atom stereocenters. The summed E-state index contributed by atoms with van der Waals surface area (Å²) in [5.74, 6) is 0.827. The fourth-order valence-corrected chi connectivity index (χ4v) is 3.10. The Morgan fingerprint density at radius 2 is 2.00 bits per heavy atom. The van der Waals surface area contributed by atoms with Crippen LogP contribution in [0.5, 0.6) is 0 Å². The fraction of sp³-hybridized carbons (Fsp3) is 0.688. The van der Waals surface area contributed by atoms with Crippen LogP contribution in [-0.4, -0.2) is 4.98 Å². The Morgan fingerprint density at radius 1 is 1.32 bits per heavy atom. The molecule has 1 nitrogen and oxygen atoms in total. The van der Waals surface area contributed by atoms with Gasteiger partial charge < -0.3 is 0 Å². The molecule has 0 spiro atoms. The molecule has 1 aliphatic carbocycles. The summed E-state index contributed by atoms with van der Waals surface area (Å²) in [6, 6.07) is 1.88. The molecule has 0 N–H and O–H groups in total. The monoisotopic (exact) mass is 283 g/mol. The minimum absolute atomic E-state index is 0.00656. The number of nitrogens with zero attached hydrogens (tertiary/aromatic N) is 1. The molecule has 0 radical (unpaired) electrons. The predicted octanol–water partition coefficient (Wildman–Crippen LogP) is 5.53. The van der Waals surface area contributed by atoms with Crippen molar-refractivity contribution in [1.29, 1.82) is 0 Å². The lowest BCUT2D eigenvalue weighted by molar-refractivity contribution is 0.257. The average molecular weight is 284 g/mol. The van der Waals surface area contributed by atoms with Gasteiger partial charge in [-0.25, -0.2) is 4.39 Å². The molecular weight excluding hydrogens is 261 g/mol. The van der Waals surface area contributed by atoms with Gasteiger partial charge in [-0.05, 0) is 41.9 Å². The van der Waals surface area contributed by atoms with Gasteiger partial charge in [0.1, 0.15) is 6.17 Å². The summed E-state index contributed by atoms with van der Waals surface area (Å²) in [5.41, 5.74) is 2.72. The zero-order valence-corrected chi connectivity index (χ0v) is 12.6. The highest BCUT2D eigenvalue weighted by molar-refractivity contribution is 6.16. The van der Waals surface area contributed by atoms with Crippen molar-refractivity contribution in [1.82, 2.24) is 4.98 Å². The molecule has 1 aromatic rings. The number of pyridine rings is 1. The second-order valence-corrected chi connectivity index (χ2v) is 6.19. The zero-order chi connectivity index (χ0) is 13.8. The smallest absolute Gasteiger partial charge is 0.128 e. The number of rotatable bonds is 4. The molecule has 1 heterocycles. The van der Waals surface area contributed by atoms with E-state index >= 15 is 0 Å². The zero-order valence-electron chi connectivity index (χ0n) is 11.8. The summed E-state index contributed by atoms with van der Waals surface area (Å²) < 4.78 is 14.5. The largest absolute Gasteiger partial charge is 0.260 e. The van der Waals surface area contributed by atoms with Gasteiger partial charge in [-0.3, -0.25) is 4.98 Å². The van der Waals surface area contributed by atoms with Crippen LogP contribution in [0.4, 0.5) is 4.39 Å². The molecule has 0 bridgehead atoms. The van der Waals surface area contributed by atoms with Crippen LogP contribution >= 0.6 is 11.6 Å². The first kappa shape index (κ1) is 14.8. The molecule has 0 saturated heterocycles. The van der Waals surface area contributed by atoms with E-state index in [2.05, 4.69) is 4.98 Å². The summed E-state index contributed by atoms with van der Waals surface area (Å²) >= 11 is 5.84. The quantitative estimate of drug-likeness (QED) is 0.662. The Kier molecular flexibility index (Phi) is 5.20. The van der Waals surface area contributed by atoms with Crippen molar-refractivity contribution >= 4 is 11.6 Å². The first-order chi connectivity index (χ1) is 9.13. The standard InChI is InChI=1S/C16H23ClFN/c1-11(2)16(18)14-8-13(9-17)19-10-15(14)12-6-4-3-5-7-12/h8,10-12,16H,3-7,9H2,1-2H3. The molecule has 19 heavy (non-hydrogen) atoms. The van der Waals surface area contributed by atoms with Gasteiger partial charge in [0.2, 0.25) is 0 Å². The van der Waals surface area contributed by atoms with Crippen LogP contribution in [0.25, 0.3) is 0 Å². The Morgan fingerprint density at radius 3 is 2.58 bits per heavy atom. The van der Waals surface area contributed by atoms with Crippen molar-refractivity contribution in [2.24, 2.45) is 5.92 Å². The van der Waals surface area contributed by atoms with Crippen LogP contribution in [0.15, 0.2) is 12.3 Å². The van der Waals surface area contributed by atoms with Gasteiger partial charge in [0.25, 0.3) is 0 Å². The molecule has 0 aliphatic heterocycles. The molecule has 0 aromatic carbocycles. The lowest BCUT2D eigenvalue weighted by Gasteiger charge is -2.26. The summed E-state index contributed by atoms with van der Waals surface area (Å²) in [7, 11) is 0. The number of aromatic nitrogens is 1. The van der Waals surface area contributed by atoms with Gasteiger partial charge >= 0.3 is 0 Å². The molecule has 1 fully saturated rings. The maximum Gasteiger partial charge on any atom is 0.128 e. The van der Waals surface area contributed by atoms with Gasteiger partial charge in [-0.15, -0.1) is 11.6 Å². The third-order valence-corrected chi connectivity index (χ3v) is 4.36. The van der Waals surface area contributed by atoms with E-state index in [1.165, 1.54) is 32.1 Å². The van der Waals surface area contributed by atoms with E-state index in [-0.39, 0.29) is 5.92 Å². The van der Waals surface area contributed by atoms with Crippen molar-refractivity contribution < 1.29 is 4.39 Å². The van der Waals surface area contributed by atoms with E-state index in [1.54, 1.807) is 0 Å². The van der Waals surface area contributed by atoms with E-state index in [4.69, 9.17) is 11.6 Å². The molecule has 0 amide bonds. The van der Waals surface area contributed by atoms with Gasteiger partial charge in [0.15, 0.2) is 0 Å². The minimum atomic E-state index is -0.915. The van der Waals surface area contributed by atoms with E-state index in [1.807, 2.05) is 26.1 Å². The number of alkyl halides is 2. The normalized spacial score (nSPS) is 18.8. The highest BCUT2D eigenvalue weighted by atomic mass is 35.5. The molecule has 1 atom stereocenters. The van der Waals surface area contributed by atoms with Gasteiger partial charge in [0.05, 0.1) is 11.6 Å². The molecule has 3 heteroatoms. The number of halogens is 2. The SMILES string of the molecule is CC(C)C(F)c1cc(CCl)ncc1C1CCCCC1. The van der Waals surface area contributed by atoms with E-state index in [9.17, 15) is 4.39 Å². The third kappa shape index (κ3) is 3.47. The van der Waals surface area contributed by atoms with Crippen LogP contribution in [-0.2, 0) is 5.88 Å². The molecule has 1 saturated carbocycles. The predicted molar refractivity (Wildman–Crippen MR) is 78.3 cm³/mol. The summed E-state index contributed by atoms with van der Waals surface area (Å²) in [6.07, 6.45) is 7.10. The average Bonchev–Trinajstić information content (AvgIpc) is 2.46. The van der Waals surface area contributed by atoms with Crippen molar-refractivity contribution in [2.45, 2.75) is 63.9 Å².